The predicted octanol–water partition coefficient (Wildman–Crippen LogP) is 5.04. The van der Waals surface area contributed by atoms with Crippen LogP contribution in [0.1, 0.15) is 30.9 Å². The van der Waals surface area contributed by atoms with Gasteiger partial charge in [-0.1, -0.05) is 41.4 Å². The molecule has 1 aliphatic rings. The molecule has 0 unspecified atom stereocenters. The lowest BCUT2D eigenvalue weighted by atomic mass is 10.0. The average Bonchev–Trinajstić information content (AvgIpc) is 2.76. The summed E-state index contributed by atoms with van der Waals surface area (Å²) in [6.07, 6.45) is -0.691. The van der Waals surface area contributed by atoms with Crippen molar-refractivity contribution in [3.8, 4) is 5.75 Å². The van der Waals surface area contributed by atoms with Crippen LogP contribution in [0.4, 0.5) is 0 Å². The van der Waals surface area contributed by atoms with Gasteiger partial charge >= 0.3 is 0 Å². The van der Waals surface area contributed by atoms with Crippen LogP contribution in [0.2, 0.25) is 5.02 Å². The first-order valence-corrected chi connectivity index (χ1v) is 14.2. The second kappa shape index (κ2) is 11.4. The van der Waals surface area contributed by atoms with Crippen molar-refractivity contribution in [3.05, 3.63) is 55.4 Å². The molecule has 0 spiro atoms. The summed E-state index contributed by atoms with van der Waals surface area (Å²) >= 11 is 12.9. The lowest BCUT2D eigenvalue weighted by Crippen LogP contribution is -2.50. The number of aliphatic hydroxyl groups excluding tert-OH is 1. The van der Waals surface area contributed by atoms with E-state index < -0.39 is 16.1 Å². The summed E-state index contributed by atoms with van der Waals surface area (Å²) in [4.78, 5) is 2.31. The molecular formula is C23H29Br2ClN2O4S. The highest BCUT2D eigenvalue weighted by Gasteiger charge is 2.30. The predicted molar refractivity (Wildman–Crippen MR) is 139 cm³/mol. The molecule has 0 amide bonds. The van der Waals surface area contributed by atoms with Crippen molar-refractivity contribution in [1.29, 1.82) is 0 Å². The van der Waals surface area contributed by atoms with Crippen molar-refractivity contribution < 1.29 is 18.3 Å². The van der Waals surface area contributed by atoms with E-state index in [2.05, 4.69) is 50.6 Å². The Morgan fingerprint density at radius 2 is 1.79 bits per heavy atom. The molecule has 1 atom stereocenters. The largest absolute Gasteiger partial charge is 0.491 e. The fraction of sp³-hybridized carbons (Fsp3) is 0.478. The Bertz CT molecular complexity index is 1090. The zero-order valence-electron chi connectivity index (χ0n) is 18.9. The van der Waals surface area contributed by atoms with Crippen LogP contribution in [-0.2, 0) is 10.0 Å². The zero-order chi connectivity index (χ0) is 24.3. The first-order chi connectivity index (χ1) is 15.5. The molecule has 3 rings (SSSR count). The number of hydrogen-bond acceptors (Lipinski definition) is 5. The molecule has 0 aromatic heterocycles. The Balaban J connectivity index is 1.55. The van der Waals surface area contributed by atoms with E-state index in [-0.39, 0.29) is 17.4 Å². The molecule has 2 aromatic carbocycles. The molecule has 1 heterocycles. The van der Waals surface area contributed by atoms with Crippen LogP contribution in [0.3, 0.4) is 0 Å². The van der Waals surface area contributed by atoms with Crippen LogP contribution in [0.25, 0.3) is 0 Å². The normalized spacial score (nSPS) is 16.8. The average molecular weight is 625 g/mol. The lowest BCUT2D eigenvalue weighted by Gasteiger charge is -2.35. The molecule has 10 heteroatoms. The van der Waals surface area contributed by atoms with Crippen molar-refractivity contribution in [2.75, 3.05) is 39.3 Å². The van der Waals surface area contributed by atoms with Gasteiger partial charge in [-0.25, -0.2) is 8.42 Å². The van der Waals surface area contributed by atoms with Crippen LogP contribution >= 0.6 is 43.5 Å². The fourth-order valence-electron chi connectivity index (χ4n) is 3.75. The number of β-amino-alcohol motifs (C(OH)–C–C–N with tert-alkyl or cyclic N) is 1. The van der Waals surface area contributed by atoms with Crippen LogP contribution in [0.5, 0.6) is 5.75 Å². The van der Waals surface area contributed by atoms with Crippen molar-refractivity contribution in [1.82, 2.24) is 9.21 Å². The number of benzene rings is 2. The Kier molecular flexibility index (Phi) is 9.27. The maximum absolute atomic E-state index is 13.1. The number of halogens is 3. The van der Waals surface area contributed by atoms with E-state index in [9.17, 15) is 13.5 Å². The fourth-order valence-corrected chi connectivity index (χ4v) is 6.81. The summed E-state index contributed by atoms with van der Waals surface area (Å²) < 4.78 is 34.8. The van der Waals surface area contributed by atoms with E-state index in [1.807, 2.05) is 19.1 Å². The number of aliphatic hydroxyl groups is 1. The molecule has 1 aliphatic heterocycles. The summed E-state index contributed by atoms with van der Waals surface area (Å²) in [6, 6.07) is 8.95. The van der Waals surface area contributed by atoms with Gasteiger partial charge in [-0.15, -0.1) is 0 Å². The van der Waals surface area contributed by atoms with E-state index in [4.69, 9.17) is 16.3 Å². The highest BCUT2D eigenvalue weighted by atomic mass is 79.9. The first-order valence-electron chi connectivity index (χ1n) is 10.8. The molecule has 1 saturated heterocycles. The summed E-state index contributed by atoms with van der Waals surface area (Å²) in [5.74, 6) is 0.983. The number of hydrogen-bond donors (Lipinski definition) is 1. The molecule has 1 fully saturated rings. The van der Waals surface area contributed by atoms with Crippen LogP contribution < -0.4 is 4.74 Å². The topological polar surface area (TPSA) is 70.1 Å². The van der Waals surface area contributed by atoms with Gasteiger partial charge in [0.15, 0.2) is 0 Å². The van der Waals surface area contributed by atoms with Gasteiger partial charge < -0.3 is 9.84 Å². The third kappa shape index (κ3) is 6.72. The molecule has 0 saturated carbocycles. The van der Waals surface area contributed by atoms with Crippen LogP contribution in [-0.4, -0.2) is 68.2 Å². The van der Waals surface area contributed by atoms with E-state index in [0.717, 1.165) is 16.9 Å². The standard InChI is InChI=1S/C23H29Br2ClN2O4S/c1-15(2)19-12-21(26)16(3)10-22(19)32-14-18(29)13-27-6-8-28(9-7-27)33(30,31)23-11-17(24)4-5-20(23)25/h4-5,10-12,15,18,29H,6-9,13-14H2,1-3H3/t18-/m0/s1. The minimum atomic E-state index is -3.60. The van der Waals surface area contributed by atoms with Crippen molar-refractivity contribution in [2.45, 2.75) is 37.7 Å². The maximum Gasteiger partial charge on any atom is 0.244 e. The van der Waals surface area contributed by atoms with E-state index in [0.29, 0.717) is 46.7 Å². The molecule has 33 heavy (non-hydrogen) atoms. The quantitative estimate of drug-likeness (QED) is 0.446. The summed E-state index contributed by atoms with van der Waals surface area (Å²) in [6.45, 7) is 8.46. The highest BCUT2D eigenvalue weighted by Crippen LogP contribution is 2.32. The molecule has 0 radical (unpaired) electrons. The molecule has 6 nitrogen and oxygen atoms in total. The Hall–Kier alpha value is -0.680. The van der Waals surface area contributed by atoms with Gasteiger partial charge in [0.25, 0.3) is 0 Å². The summed E-state index contributed by atoms with van der Waals surface area (Å²) in [5, 5.41) is 11.3. The molecular weight excluding hydrogens is 596 g/mol. The molecule has 0 bridgehead atoms. The van der Waals surface area contributed by atoms with E-state index in [1.165, 1.54) is 4.31 Å². The van der Waals surface area contributed by atoms with Gasteiger partial charge in [0.2, 0.25) is 10.0 Å². The summed E-state index contributed by atoms with van der Waals surface area (Å²) in [7, 11) is -3.60. The summed E-state index contributed by atoms with van der Waals surface area (Å²) in [5.41, 5.74) is 1.94. The van der Waals surface area contributed by atoms with E-state index >= 15 is 0 Å². The van der Waals surface area contributed by atoms with Gasteiger partial charge in [0.1, 0.15) is 18.5 Å². The maximum atomic E-state index is 13.1. The third-order valence-corrected chi connectivity index (χ3v) is 9.45. The lowest BCUT2D eigenvalue weighted by molar-refractivity contribution is 0.0565. The number of sulfonamides is 1. The van der Waals surface area contributed by atoms with Gasteiger partial charge in [0, 0.05) is 46.7 Å². The highest BCUT2D eigenvalue weighted by molar-refractivity contribution is 9.11. The van der Waals surface area contributed by atoms with Gasteiger partial charge in [0.05, 0.1) is 4.90 Å². The molecule has 182 valence electrons. The van der Waals surface area contributed by atoms with E-state index in [1.54, 1.807) is 18.2 Å². The van der Waals surface area contributed by atoms with Crippen molar-refractivity contribution in [3.63, 3.8) is 0 Å². The molecule has 1 N–H and O–H groups in total. The van der Waals surface area contributed by atoms with Gasteiger partial charge in [-0.2, -0.15) is 4.31 Å². The molecule has 2 aromatic rings. The Morgan fingerprint density at radius 3 is 2.42 bits per heavy atom. The number of rotatable bonds is 8. The first kappa shape index (κ1) is 26.9. The number of piperazine rings is 1. The number of nitrogens with zero attached hydrogens (tertiary/aromatic N) is 2. The third-order valence-electron chi connectivity index (χ3n) is 5.66. The Morgan fingerprint density at radius 1 is 1.12 bits per heavy atom. The minimum Gasteiger partial charge on any atom is -0.491 e. The second-order valence-electron chi connectivity index (χ2n) is 8.54. The second-order valence-corrected chi connectivity index (χ2v) is 12.6. The van der Waals surface area contributed by atoms with Crippen LogP contribution in [0, 0.1) is 6.92 Å². The molecule has 0 aliphatic carbocycles. The number of aryl methyl sites for hydroxylation is 1. The van der Waals surface area contributed by atoms with Gasteiger partial charge in [-0.05, 0) is 70.2 Å². The monoisotopic (exact) mass is 622 g/mol. The number of ether oxygens (including phenoxy) is 1. The van der Waals surface area contributed by atoms with Gasteiger partial charge in [-0.3, -0.25) is 4.90 Å². The van der Waals surface area contributed by atoms with Crippen LogP contribution in [0.15, 0.2) is 44.2 Å². The SMILES string of the molecule is Cc1cc(OC[C@@H](O)CN2CCN(S(=O)(=O)c3cc(Br)ccc3Br)CC2)c(C(C)C)cc1Cl. The zero-order valence-corrected chi connectivity index (χ0v) is 23.6. The Labute approximate surface area is 218 Å². The smallest absolute Gasteiger partial charge is 0.244 e. The van der Waals surface area contributed by atoms with Crippen molar-refractivity contribution in [2.24, 2.45) is 0 Å². The van der Waals surface area contributed by atoms with Crippen molar-refractivity contribution >= 4 is 53.5 Å². The minimum absolute atomic E-state index is 0.157.